The van der Waals surface area contributed by atoms with Crippen LogP contribution in [0.25, 0.3) is 0 Å². The molecule has 2 amide bonds. The fraction of sp³-hybridized carbons (Fsp3) is 0.467. The minimum absolute atomic E-state index is 0.0728. The van der Waals surface area contributed by atoms with Crippen LogP contribution in [0.2, 0.25) is 0 Å². The van der Waals surface area contributed by atoms with Gasteiger partial charge in [-0.25, -0.2) is 0 Å². The molecule has 2 rings (SSSR count). The monoisotopic (exact) mass is 275 g/mol. The molecule has 0 heterocycles. The molecule has 1 atom stereocenters. The van der Waals surface area contributed by atoms with E-state index in [2.05, 4.69) is 10.6 Å². The lowest BCUT2D eigenvalue weighted by atomic mass is 10.0. The van der Waals surface area contributed by atoms with Crippen LogP contribution in [-0.2, 0) is 9.59 Å². The summed E-state index contributed by atoms with van der Waals surface area (Å²) in [4.78, 5) is 23.4. The van der Waals surface area contributed by atoms with Crippen LogP contribution in [-0.4, -0.2) is 17.9 Å². The maximum atomic E-state index is 11.8. The first-order valence-corrected chi connectivity index (χ1v) is 6.94. The second kappa shape index (κ2) is 6.05. The number of rotatable bonds is 5. The molecule has 0 aliphatic heterocycles. The summed E-state index contributed by atoms with van der Waals surface area (Å²) in [5.41, 5.74) is 7.19. The van der Waals surface area contributed by atoms with E-state index in [9.17, 15) is 9.59 Å². The Kier molecular flexibility index (Phi) is 4.39. The number of nitrogens with two attached hydrogens (primary N) is 1. The topological polar surface area (TPSA) is 84.2 Å². The summed E-state index contributed by atoms with van der Waals surface area (Å²) in [5.74, 6) is 0.143. The highest BCUT2D eigenvalue weighted by Gasteiger charge is 2.29. The maximum absolute atomic E-state index is 11.8. The van der Waals surface area contributed by atoms with Crippen LogP contribution < -0.4 is 16.4 Å². The highest BCUT2D eigenvalue weighted by atomic mass is 16.2. The summed E-state index contributed by atoms with van der Waals surface area (Å²) in [6, 6.07) is 6.54. The number of benzene rings is 1. The molecule has 1 unspecified atom stereocenters. The van der Waals surface area contributed by atoms with Gasteiger partial charge in [0.2, 0.25) is 11.8 Å². The summed E-state index contributed by atoms with van der Waals surface area (Å²) in [6.07, 6.45) is 1.96. The highest BCUT2D eigenvalue weighted by Crippen LogP contribution is 2.30. The van der Waals surface area contributed by atoms with Gasteiger partial charge in [-0.3, -0.25) is 9.59 Å². The van der Waals surface area contributed by atoms with Crippen LogP contribution in [0, 0.1) is 11.8 Å². The van der Waals surface area contributed by atoms with Gasteiger partial charge < -0.3 is 16.4 Å². The average molecular weight is 275 g/mol. The summed E-state index contributed by atoms with van der Waals surface area (Å²) in [7, 11) is 0. The molecule has 5 heteroatoms. The number of nitrogens with one attached hydrogen (secondary N) is 2. The molecule has 1 saturated carbocycles. The lowest BCUT2D eigenvalue weighted by molar-refractivity contribution is -0.118. The molecule has 0 spiro atoms. The Balaban J connectivity index is 1.90. The molecule has 0 bridgehead atoms. The Morgan fingerprint density at radius 3 is 2.05 bits per heavy atom. The fourth-order valence-corrected chi connectivity index (χ4v) is 1.76. The van der Waals surface area contributed by atoms with Crippen molar-refractivity contribution in [2.45, 2.75) is 32.7 Å². The van der Waals surface area contributed by atoms with Crippen molar-refractivity contribution >= 4 is 23.2 Å². The van der Waals surface area contributed by atoms with E-state index < -0.39 is 6.04 Å². The third-order valence-electron chi connectivity index (χ3n) is 3.39. The van der Waals surface area contributed by atoms with Crippen LogP contribution in [0.1, 0.15) is 26.7 Å². The van der Waals surface area contributed by atoms with E-state index in [-0.39, 0.29) is 23.7 Å². The molecule has 5 nitrogen and oxygen atoms in total. The van der Waals surface area contributed by atoms with Gasteiger partial charge in [0.15, 0.2) is 0 Å². The van der Waals surface area contributed by atoms with E-state index in [0.717, 1.165) is 18.5 Å². The second-order valence-corrected chi connectivity index (χ2v) is 5.60. The van der Waals surface area contributed by atoms with Crippen molar-refractivity contribution in [2.75, 3.05) is 10.6 Å². The Morgan fingerprint density at radius 1 is 1.10 bits per heavy atom. The van der Waals surface area contributed by atoms with E-state index in [4.69, 9.17) is 5.73 Å². The quantitative estimate of drug-likeness (QED) is 0.768. The fourth-order valence-electron chi connectivity index (χ4n) is 1.76. The van der Waals surface area contributed by atoms with Crippen LogP contribution in [0.5, 0.6) is 0 Å². The van der Waals surface area contributed by atoms with E-state index in [0.29, 0.717) is 5.69 Å². The van der Waals surface area contributed by atoms with E-state index >= 15 is 0 Å². The zero-order valence-electron chi connectivity index (χ0n) is 11.8. The Morgan fingerprint density at radius 2 is 1.60 bits per heavy atom. The van der Waals surface area contributed by atoms with Crippen molar-refractivity contribution in [2.24, 2.45) is 17.6 Å². The molecular weight excluding hydrogens is 254 g/mol. The van der Waals surface area contributed by atoms with Crippen LogP contribution >= 0.6 is 0 Å². The Bertz CT molecular complexity index is 492. The number of carbonyl (C=O) groups is 2. The minimum atomic E-state index is -0.524. The summed E-state index contributed by atoms with van der Waals surface area (Å²) < 4.78 is 0. The predicted octanol–water partition coefficient (Wildman–Crippen LogP) is 1.96. The van der Waals surface area contributed by atoms with Crippen LogP contribution in [0.15, 0.2) is 24.3 Å². The predicted molar refractivity (Wildman–Crippen MR) is 79.2 cm³/mol. The molecular formula is C15H21N3O2. The molecule has 1 aliphatic carbocycles. The Labute approximate surface area is 118 Å². The lowest BCUT2D eigenvalue weighted by Gasteiger charge is -2.15. The molecule has 4 N–H and O–H groups in total. The standard InChI is InChI=1S/C15H21N3O2/c1-9(2)13(16)15(20)18-12-7-5-11(6-8-12)17-14(19)10-3-4-10/h5-10,13H,3-4,16H2,1-2H3,(H,17,19)(H,18,20). The molecule has 0 radical (unpaired) electrons. The number of hydrogen-bond acceptors (Lipinski definition) is 3. The van der Waals surface area contributed by atoms with Crippen molar-refractivity contribution < 1.29 is 9.59 Å². The van der Waals surface area contributed by atoms with E-state index in [1.165, 1.54) is 0 Å². The minimum Gasteiger partial charge on any atom is -0.326 e. The van der Waals surface area contributed by atoms with Crippen molar-refractivity contribution in [1.29, 1.82) is 0 Å². The van der Waals surface area contributed by atoms with Gasteiger partial charge in [-0.15, -0.1) is 0 Å². The third kappa shape index (κ3) is 3.81. The zero-order valence-corrected chi connectivity index (χ0v) is 11.8. The van der Waals surface area contributed by atoms with Crippen LogP contribution in [0.4, 0.5) is 11.4 Å². The SMILES string of the molecule is CC(C)C(N)C(=O)Nc1ccc(NC(=O)C2CC2)cc1. The van der Waals surface area contributed by atoms with E-state index in [1.54, 1.807) is 24.3 Å². The molecule has 1 aliphatic rings. The first-order valence-electron chi connectivity index (χ1n) is 6.94. The smallest absolute Gasteiger partial charge is 0.241 e. The maximum Gasteiger partial charge on any atom is 0.241 e. The number of hydrogen-bond donors (Lipinski definition) is 3. The second-order valence-electron chi connectivity index (χ2n) is 5.60. The number of carbonyl (C=O) groups excluding carboxylic acids is 2. The summed E-state index contributed by atoms with van der Waals surface area (Å²) in [6.45, 7) is 3.81. The average Bonchev–Trinajstić information content (AvgIpc) is 3.24. The van der Waals surface area contributed by atoms with Gasteiger partial charge in [0.1, 0.15) is 0 Å². The third-order valence-corrected chi connectivity index (χ3v) is 3.39. The number of anilines is 2. The zero-order chi connectivity index (χ0) is 14.7. The van der Waals surface area contributed by atoms with E-state index in [1.807, 2.05) is 13.8 Å². The summed E-state index contributed by atoms with van der Waals surface area (Å²) >= 11 is 0. The van der Waals surface area contributed by atoms with Gasteiger partial charge in [-0.2, -0.15) is 0 Å². The summed E-state index contributed by atoms with van der Waals surface area (Å²) in [5, 5.41) is 5.61. The van der Waals surface area contributed by atoms with Crippen LogP contribution in [0.3, 0.4) is 0 Å². The van der Waals surface area contributed by atoms with Crippen molar-refractivity contribution in [3.05, 3.63) is 24.3 Å². The Hall–Kier alpha value is -1.88. The van der Waals surface area contributed by atoms with Gasteiger partial charge in [0.25, 0.3) is 0 Å². The molecule has 1 aromatic carbocycles. The van der Waals surface area contributed by atoms with Gasteiger partial charge in [-0.1, -0.05) is 13.8 Å². The first kappa shape index (κ1) is 14.5. The van der Waals surface area contributed by atoms with Gasteiger partial charge in [0, 0.05) is 17.3 Å². The lowest BCUT2D eigenvalue weighted by Crippen LogP contribution is -2.39. The molecule has 0 saturated heterocycles. The van der Waals surface area contributed by atoms with Crippen molar-refractivity contribution in [1.82, 2.24) is 0 Å². The van der Waals surface area contributed by atoms with Gasteiger partial charge >= 0.3 is 0 Å². The van der Waals surface area contributed by atoms with Crippen molar-refractivity contribution in [3.8, 4) is 0 Å². The van der Waals surface area contributed by atoms with Crippen molar-refractivity contribution in [3.63, 3.8) is 0 Å². The number of amides is 2. The highest BCUT2D eigenvalue weighted by molar-refractivity contribution is 5.96. The van der Waals surface area contributed by atoms with Gasteiger partial charge in [0.05, 0.1) is 6.04 Å². The molecule has 108 valence electrons. The normalized spacial score (nSPS) is 15.8. The molecule has 20 heavy (non-hydrogen) atoms. The molecule has 1 aromatic rings. The molecule has 1 fully saturated rings. The first-order chi connectivity index (χ1) is 9.47. The largest absolute Gasteiger partial charge is 0.326 e. The molecule has 0 aromatic heterocycles. The van der Waals surface area contributed by atoms with Gasteiger partial charge in [-0.05, 0) is 43.0 Å².